The van der Waals surface area contributed by atoms with E-state index < -0.39 is 0 Å². The molecule has 3 rings (SSSR count). The van der Waals surface area contributed by atoms with Gasteiger partial charge in [-0.15, -0.1) is 28.4 Å². The maximum absolute atomic E-state index is 5.82. The Bertz CT molecular complexity index is 737. The van der Waals surface area contributed by atoms with Crippen LogP contribution < -0.4 is 4.90 Å². The molecule has 1 aliphatic heterocycles. The molecule has 1 fully saturated rings. The number of halogens is 1. The topological polar surface area (TPSA) is 54.6 Å². The van der Waals surface area contributed by atoms with Crippen LogP contribution in [0.3, 0.4) is 0 Å². The van der Waals surface area contributed by atoms with Crippen LogP contribution >= 0.6 is 11.6 Å². The molecule has 7 heteroatoms. The smallest absolute Gasteiger partial charge is 0.242 e. The average molecular weight is 389 g/mol. The minimum absolute atomic E-state index is 0.291. The normalized spacial score (nSPS) is 15.5. The zero-order chi connectivity index (χ0) is 18.9. The Kier molecular flexibility index (Phi) is 7.45. The molecule has 0 N–H and O–H groups in total. The monoisotopic (exact) mass is 388 g/mol. The van der Waals surface area contributed by atoms with Gasteiger partial charge in [0.1, 0.15) is 6.61 Å². The van der Waals surface area contributed by atoms with E-state index in [0.29, 0.717) is 30.9 Å². The fraction of sp³-hybridized carbons (Fsp3) is 0.400. The van der Waals surface area contributed by atoms with E-state index in [-0.39, 0.29) is 0 Å². The molecule has 0 spiro atoms. The van der Waals surface area contributed by atoms with Crippen molar-refractivity contribution in [1.29, 1.82) is 0 Å². The van der Waals surface area contributed by atoms with E-state index in [4.69, 9.17) is 20.8 Å². The number of ether oxygens (including phenoxy) is 1. The van der Waals surface area contributed by atoms with Crippen LogP contribution in [0.15, 0.2) is 41.3 Å². The highest BCUT2D eigenvalue weighted by molar-refractivity contribution is 6.18. The largest absolute Gasteiger partial charge is 0.419 e. The van der Waals surface area contributed by atoms with Crippen LogP contribution in [0.1, 0.15) is 17.3 Å². The lowest BCUT2D eigenvalue weighted by Gasteiger charge is -2.35. The van der Waals surface area contributed by atoms with Crippen molar-refractivity contribution in [2.75, 3.05) is 50.1 Å². The number of alkyl halides is 1. The lowest BCUT2D eigenvalue weighted by Crippen LogP contribution is -2.46. The minimum Gasteiger partial charge on any atom is -0.419 e. The van der Waals surface area contributed by atoms with Gasteiger partial charge in [0.25, 0.3) is 0 Å². The number of piperazine rings is 1. The van der Waals surface area contributed by atoms with Crippen LogP contribution in [0.4, 0.5) is 5.69 Å². The van der Waals surface area contributed by atoms with Crippen LogP contribution in [0, 0.1) is 0 Å². The number of anilines is 1. The van der Waals surface area contributed by atoms with Gasteiger partial charge < -0.3 is 14.1 Å². The summed E-state index contributed by atoms with van der Waals surface area (Å²) in [6.07, 6.45) is 5.45. The zero-order valence-corrected chi connectivity index (χ0v) is 16.1. The predicted molar refractivity (Wildman–Crippen MR) is 109 cm³/mol. The van der Waals surface area contributed by atoms with E-state index in [1.165, 1.54) is 5.69 Å². The Hall–Kier alpha value is -2.15. The van der Waals surface area contributed by atoms with Gasteiger partial charge in [-0.3, -0.25) is 4.90 Å². The molecule has 0 atom stereocenters. The lowest BCUT2D eigenvalue weighted by molar-refractivity contribution is 0.127. The van der Waals surface area contributed by atoms with E-state index in [1.54, 1.807) is 6.08 Å². The van der Waals surface area contributed by atoms with E-state index in [9.17, 15) is 0 Å². The molecular formula is C20H25ClN4O2. The van der Waals surface area contributed by atoms with Gasteiger partial charge in [0.15, 0.2) is 0 Å². The van der Waals surface area contributed by atoms with Crippen molar-refractivity contribution in [2.24, 2.45) is 0 Å². The molecule has 0 amide bonds. The molecule has 144 valence electrons. The summed E-state index contributed by atoms with van der Waals surface area (Å²) in [6.45, 7) is 9.50. The third kappa shape index (κ3) is 5.92. The fourth-order valence-electron chi connectivity index (χ4n) is 2.93. The number of aromatic nitrogens is 2. The van der Waals surface area contributed by atoms with Crippen LogP contribution in [-0.4, -0.2) is 60.3 Å². The minimum atomic E-state index is 0.291. The molecular weight excluding hydrogens is 364 g/mol. The first-order valence-corrected chi connectivity index (χ1v) is 9.64. The van der Waals surface area contributed by atoms with Crippen molar-refractivity contribution < 1.29 is 9.15 Å². The Morgan fingerprint density at radius 1 is 1.11 bits per heavy atom. The van der Waals surface area contributed by atoms with Crippen LogP contribution in [0.2, 0.25) is 0 Å². The van der Waals surface area contributed by atoms with Crippen LogP contribution in [0.25, 0.3) is 12.2 Å². The van der Waals surface area contributed by atoms with Gasteiger partial charge in [-0.25, -0.2) is 0 Å². The second-order valence-corrected chi connectivity index (χ2v) is 6.66. The van der Waals surface area contributed by atoms with Gasteiger partial charge in [0.05, 0.1) is 6.61 Å². The van der Waals surface area contributed by atoms with E-state index in [2.05, 4.69) is 50.8 Å². The van der Waals surface area contributed by atoms with Crippen molar-refractivity contribution in [3.63, 3.8) is 0 Å². The summed E-state index contributed by atoms with van der Waals surface area (Å²) in [7, 11) is 0. The average Bonchev–Trinajstić information content (AvgIpc) is 3.16. The molecule has 0 radical (unpaired) electrons. The highest BCUT2D eigenvalue weighted by Crippen LogP contribution is 2.18. The summed E-state index contributed by atoms with van der Waals surface area (Å²) in [5.74, 6) is 1.62. The summed E-state index contributed by atoms with van der Waals surface area (Å²) in [5, 5.41) is 7.94. The summed E-state index contributed by atoms with van der Waals surface area (Å²) in [6, 6.07) is 8.50. The molecule has 1 saturated heterocycles. The molecule has 2 aromatic rings. The van der Waals surface area contributed by atoms with Crippen molar-refractivity contribution in [3.05, 3.63) is 54.3 Å². The van der Waals surface area contributed by atoms with Crippen molar-refractivity contribution in [3.8, 4) is 0 Å². The van der Waals surface area contributed by atoms with E-state index >= 15 is 0 Å². The number of benzene rings is 1. The molecule has 1 aliphatic rings. The molecule has 1 aromatic heterocycles. The van der Waals surface area contributed by atoms with Gasteiger partial charge in [-0.05, 0) is 23.8 Å². The maximum Gasteiger partial charge on any atom is 0.242 e. The highest BCUT2D eigenvalue weighted by atomic mass is 35.5. The van der Waals surface area contributed by atoms with E-state index in [1.807, 2.05) is 12.2 Å². The predicted octanol–water partition coefficient (Wildman–Crippen LogP) is 3.30. The molecule has 0 aliphatic carbocycles. The second kappa shape index (κ2) is 10.3. The lowest BCUT2D eigenvalue weighted by atomic mass is 10.1. The van der Waals surface area contributed by atoms with Crippen molar-refractivity contribution in [2.45, 2.75) is 6.61 Å². The number of hydrogen-bond acceptors (Lipinski definition) is 6. The fourth-order valence-corrected chi connectivity index (χ4v) is 3.17. The van der Waals surface area contributed by atoms with Crippen molar-refractivity contribution >= 4 is 29.4 Å². The Morgan fingerprint density at radius 3 is 2.59 bits per heavy atom. The van der Waals surface area contributed by atoms with E-state index in [0.717, 1.165) is 38.3 Å². The molecule has 2 heterocycles. The third-order valence-electron chi connectivity index (χ3n) is 4.39. The van der Waals surface area contributed by atoms with Crippen LogP contribution in [-0.2, 0) is 11.3 Å². The third-order valence-corrected chi connectivity index (χ3v) is 4.56. The van der Waals surface area contributed by atoms with Gasteiger partial charge in [0.2, 0.25) is 11.8 Å². The van der Waals surface area contributed by atoms with Gasteiger partial charge in [0, 0.05) is 50.4 Å². The Morgan fingerprint density at radius 2 is 1.89 bits per heavy atom. The molecule has 6 nitrogen and oxygen atoms in total. The van der Waals surface area contributed by atoms with Gasteiger partial charge >= 0.3 is 0 Å². The molecule has 0 bridgehead atoms. The first kappa shape index (κ1) is 19.6. The molecule has 0 saturated carbocycles. The highest BCUT2D eigenvalue weighted by Gasteiger charge is 2.16. The SMILES string of the molecule is C=CCOCc1nnc(/C=C/c2ccc(N3CCN(CCCl)CC3)cc2)o1. The first-order chi connectivity index (χ1) is 13.3. The molecule has 1 aromatic carbocycles. The Labute approximate surface area is 165 Å². The van der Waals surface area contributed by atoms with Gasteiger partial charge in [-0.1, -0.05) is 18.2 Å². The second-order valence-electron chi connectivity index (χ2n) is 6.28. The zero-order valence-electron chi connectivity index (χ0n) is 15.4. The van der Waals surface area contributed by atoms with Gasteiger partial charge in [-0.2, -0.15) is 0 Å². The number of rotatable bonds is 9. The summed E-state index contributed by atoms with van der Waals surface area (Å²) >= 11 is 5.82. The summed E-state index contributed by atoms with van der Waals surface area (Å²) < 4.78 is 10.8. The molecule has 0 unspecified atom stereocenters. The van der Waals surface area contributed by atoms with Crippen LogP contribution in [0.5, 0.6) is 0 Å². The summed E-state index contributed by atoms with van der Waals surface area (Å²) in [5.41, 5.74) is 2.33. The van der Waals surface area contributed by atoms with Crippen molar-refractivity contribution in [1.82, 2.24) is 15.1 Å². The standard InChI is InChI=1S/C20H25ClN4O2/c1-2-15-26-16-20-23-22-19(27-20)8-5-17-3-6-18(7-4-17)25-13-11-24(10-9-21)12-14-25/h2-8H,1,9-16H2/b8-5+. The summed E-state index contributed by atoms with van der Waals surface area (Å²) in [4.78, 5) is 4.81. The maximum atomic E-state index is 5.82. The molecule has 27 heavy (non-hydrogen) atoms. The number of hydrogen-bond donors (Lipinski definition) is 0. The number of nitrogens with zero attached hydrogens (tertiary/aromatic N) is 4. The quantitative estimate of drug-likeness (QED) is 0.373. The first-order valence-electron chi connectivity index (χ1n) is 9.11. The Balaban J connectivity index is 1.52.